The molecule has 1 heterocycles. The highest BCUT2D eigenvalue weighted by atomic mass is 35.5. The highest BCUT2D eigenvalue weighted by Crippen LogP contribution is 2.58. The van der Waals surface area contributed by atoms with E-state index in [4.69, 9.17) is 21.6 Å². The molecule has 3 nitrogen and oxygen atoms in total. The first-order valence-electron chi connectivity index (χ1n) is 14.0. The van der Waals surface area contributed by atoms with Crippen molar-refractivity contribution in [3.8, 4) is 33.9 Å². The van der Waals surface area contributed by atoms with E-state index in [0.717, 1.165) is 16.7 Å². The molecule has 0 bridgehead atoms. The van der Waals surface area contributed by atoms with Crippen molar-refractivity contribution in [2.45, 2.75) is 5.41 Å². The standard InChI is InChI=1S/C38H24ClN3/c39-37-41-35(25-13-3-1-4-14-25)40-36(42-37)30-20-10-12-22-33(30)38(28-17-5-2-6-18-28)32-21-11-9-19-29(32)31-23-26-15-7-8-16-27(26)24-34(31)38/h1-24H. The molecule has 0 saturated heterocycles. The van der Waals surface area contributed by atoms with Crippen LogP contribution < -0.4 is 0 Å². The fourth-order valence-electron chi connectivity index (χ4n) is 6.60. The molecule has 0 saturated carbocycles. The Labute approximate surface area is 249 Å². The van der Waals surface area contributed by atoms with Crippen LogP contribution in [0.5, 0.6) is 0 Å². The van der Waals surface area contributed by atoms with Gasteiger partial charge in [-0.25, -0.2) is 4.98 Å². The number of halogens is 1. The van der Waals surface area contributed by atoms with Crippen LogP contribution in [-0.2, 0) is 5.41 Å². The second-order valence-electron chi connectivity index (χ2n) is 10.6. The number of hydrogen-bond donors (Lipinski definition) is 0. The van der Waals surface area contributed by atoms with Crippen molar-refractivity contribution in [3.63, 3.8) is 0 Å². The molecule has 8 rings (SSSR count). The van der Waals surface area contributed by atoms with Gasteiger partial charge in [-0.05, 0) is 67.9 Å². The van der Waals surface area contributed by atoms with Crippen LogP contribution in [0.1, 0.15) is 22.3 Å². The van der Waals surface area contributed by atoms with Gasteiger partial charge in [0.2, 0.25) is 5.28 Å². The zero-order chi connectivity index (χ0) is 28.1. The first-order valence-corrected chi connectivity index (χ1v) is 14.4. The van der Waals surface area contributed by atoms with Crippen molar-refractivity contribution in [1.82, 2.24) is 15.0 Å². The van der Waals surface area contributed by atoms with Crippen LogP contribution in [0.2, 0.25) is 5.28 Å². The number of aromatic nitrogens is 3. The summed E-state index contributed by atoms with van der Waals surface area (Å²) in [5.41, 5.74) is 8.42. The molecule has 198 valence electrons. The molecular weight excluding hydrogens is 534 g/mol. The van der Waals surface area contributed by atoms with E-state index in [2.05, 4.69) is 114 Å². The van der Waals surface area contributed by atoms with Crippen molar-refractivity contribution in [2.75, 3.05) is 0 Å². The van der Waals surface area contributed by atoms with E-state index in [-0.39, 0.29) is 5.28 Å². The zero-order valence-corrected chi connectivity index (χ0v) is 23.3. The van der Waals surface area contributed by atoms with Crippen LogP contribution in [0.15, 0.2) is 146 Å². The molecule has 42 heavy (non-hydrogen) atoms. The molecule has 0 radical (unpaired) electrons. The second kappa shape index (κ2) is 9.76. The van der Waals surface area contributed by atoms with Crippen molar-refractivity contribution in [2.24, 2.45) is 0 Å². The summed E-state index contributed by atoms with van der Waals surface area (Å²) in [6, 6.07) is 51.2. The van der Waals surface area contributed by atoms with E-state index in [1.54, 1.807) is 0 Å². The summed E-state index contributed by atoms with van der Waals surface area (Å²) in [7, 11) is 0. The third-order valence-corrected chi connectivity index (χ3v) is 8.50. The van der Waals surface area contributed by atoms with Crippen LogP contribution in [-0.4, -0.2) is 15.0 Å². The summed E-state index contributed by atoms with van der Waals surface area (Å²) < 4.78 is 0. The fraction of sp³-hybridized carbons (Fsp3) is 0.0263. The van der Waals surface area contributed by atoms with Gasteiger partial charge < -0.3 is 0 Å². The summed E-state index contributed by atoms with van der Waals surface area (Å²) in [5, 5.41) is 2.59. The SMILES string of the molecule is Clc1nc(-c2ccccc2)nc(-c2ccccc2C2(c3ccccc3)c3ccccc3-c3cc4ccccc4cc32)n1. The van der Waals surface area contributed by atoms with Crippen molar-refractivity contribution >= 4 is 22.4 Å². The molecule has 0 aliphatic heterocycles. The van der Waals surface area contributed by atoms with E-state index in [0.29, 0.717) is 11.6 Å². The fourth-order valence-corrected chi connectivity index (χ4v) is 6.76. The van der Waals surface area contributed by atoms with Gasteiger partial charge in [-0.2, -0.15) is 9.97 Å². The van der Waals surface area contributed by atoms with Gasteiger partial charge in [0, 0.05) is 11.1 Å². The average molecular weight is 558 g/mol. The quantitative estimate of drug-likeness (QED) is 0.216. The minimum Gasteiger partial charge on any atom is -0.208 e. The summed E-state index contributed by atoms with van der Waals surface area (Å²) in [5.74, 6) is 1.10. The Balaban J connectivity index is 1.49. The minimum atomic E-state index is -0.611. The molecule has 0 amide bonds. The third kappa shape index (κ3) is 3.71. The maximum absolute atomic E-state index is 6.58. The Kier molecular flexibility index (Phi) is 5.73. The van der Waals surface area contributed by atoms with Gasteiger partial charge in [0.05, 0.1) is 5.41 Å². The monoisotopic (exact) mass is 557 g/mol. The van der Waals surface area contributed by atoms with E-state index in [9.17, 15) is 0 Å². The van der Waals surface area contributed by atoms with E-state index >= 15 is 0 Å². The highest BCUT2D eigenvalue weighted by Gasteiger charge is 2.47. The number of nitrogens with zero attached hydrogens (tertiary/aromatic N) is 3. The predicted octanol–water partition coefficient (Wildman–Crippen LogP) is 9.38. The van der Waals surface area contributed by atoms with Crippen molar-refractivity contribution in [3.05, 3.63) is 173 Å². The Morgan fingerprint density at radius 1 is 0.429 bits per heavy atom. The van der Waals surface area contributed by atoms with Gasteiger partial charge in [-0.15, -0.1) is 0 Å². The van der Waals surface area contributed by atoms with Gasteiger partial charge in [0.1, 0.15) is 0 Å². The molecule has 1 aliphatic rings. The average Bonchev–Trinajstić information content (AvgIpc) is 3.34. The zero-order valence-electron chi connectivity index (χ0n) is 22.6. The number of hydrogen-bond acceptors (Lipinski definition) is 3. The molecule has 0 fully saturated rings. The highest BCUT2D eigenvalue weighted by molar-refractivity contribution is 6.28. The lowest BCUT2D eigenvalue weighted by atomic mass is 9.66. The van der Waals surface area contributed by atoms with Gasteiger partial charge in [0.25, 0.3) is 0 Å². The van der Waals surface area contributed by atoms with E-state index in [1.165, 1.54) is 38.6 Å². The smallest absolute Gasteiger partial charge is 0.208 e. The van der Waals surface area contributed by atoms with Gasteiger partial charge >= 0.3 is 0 Å². The molecular formula is C38H24ClN3. The van der Waals surface area contributed by atoms with Crippen LogP contribution in [0.25, 0.3) is 44.7 Å². The largest absolute Gasteiger partial charge is 0.226 e. The van der Waals surface area contributed by atoms with Crippen LogP contribution in [0.3, 0.4) is 0 Å². The molecule has 4 heteroatoms. The Bertz CT molecular complexity index is 2110. The molecule has 1 unspecified atom stereocenters. The summed E-state index contributed by atoms with van der Waals surface area (Å²) in [4.78, 5) is 14.2. The molecule has 0 N–H and O–H groups in total. The Morgan fingerprint density at radius 3 is 1.71 bits per heavy atom. The molecule has 7 aromatic rings. The topological polar surface area (TPSA) is 38.7 Å². The maximum atomic E-state index is 6.58. The molecule has 1 atom stereocenters. The summed E-state index contributed by atoms with van der Waals surface area (Å²) >= 11 is 6.58. The second-order valence-corrected chi connectivity index (χ2v) is 10.9. The van der Waals surface area contributed by atoms with E-state index in [1.807, 2.05) is 36.4 Å². The van der Waals surface area contributed by atoms with Crippen molar-refractivity contribution < 1.29 is 0 Å². The number of rotatable bonds is 4. The molecule has 1 aliphatic carbocycles. The first kappa shape index (κ1) is 24.7. The normalized spacial score (nSPS) is 15.4. The number of benzene rings is 6. The lowest BCUT2D eigenvalue weighted by Gasteiger charge is -2.35. The van der Waals surface area contributed by atoms with Crippen LogP contribution in [0.4, 0.5) is 0 Å². The minimum absolute atomic E-state index is 0.167. The van der Waals surface area contributed by atoms with Gasteiger partial charge in [-0.3, -0.25) is 0 Å². The van der Waals surface area contributed by atoms with Gasteiger partial charge in [-0.1, -0.05) is 133 Å². The lowest BCUT2D eigenvalue weighted by molar-refractivity contribution is 0.770. The maximum Gasteiger partial charge on any atom is 0.226 e. The van der Waals surface area contributed by atoms with Crippen molar-refractivity contribution in [1.29, 1.82) is 0 Å². The number of fused-ring (bicyclic) bond motifs is 4. The predicted molar refractivity (Wildman–Crippen MR) is 171 cm³/mol. The molecule has 6 aromatic carbocycles. The van der Waals surface area contributed by atoms with Crippen LogP contribution in [0, 0.1) is 0 Å². The summed E-state index contributed by atoms with van der Waals surface area (Å²) in [6.07, 6.45) is 0. The third-order valence-electron chi connectivity index (χ3n) is 8.33. The molecule has 1 aromatic heterocycles. The lowest BCUT2D eigenvalue weighted by Crippen LogP contribution is -2.29. The Hall–Kier alpha value is -5.12. The summed E-state index contributed by atoms with van der Waals surface area (Å²) in [6.45, 7) is 0. The molecule has 0 spiro atoms. The van der Waals surface area contributed by atoms with Crippen LogP contribution >= 0.6 is 11.6 Å². The first-order chi connectivity index (χ1) is 20.7. The van der Waals surface area contributed by atoms with Gasteiger partial charge in [0.15, 0.2) is 11.6 Å². The Morgan fingerprint density at radius 2 is 0.976 bits per heavy atom. The van der Waals surface area contributed by atoms with E-state index < -0.39 is 5.41 Å².